The highest BCUT2D eigenvalue weighted by molar-refractivity contribution is 6.32. The van der Waals surface area contributed by atoms with E-state index in [-0.39, 0.29) is 30.8 Å². The summed E-state index contributed by atoms with van der Waals surface area (Å²) in [5.74, 6) is -1.06. The normalized spacial score (nSPS) is 14.7. The van der Waals surface area contributed by atoms with Crippen LogP contribution < -0.4 is 25.4 Å². The summed E-state index contributed by atoms with van der Waals surface area (Å²) in [5, 5.41) is 19.0. The predicted molar refractivity (Wildman–Crippen MR) is 209 cm³/mol. The number of rotatable bonds is 24. The van der Waals surface area contributed by atoms with E-state index in [1.54, 1.807) is 31.4 Å². The Hall–Kier alpha value is -4.23. The fourth-order valence-electron chi connectivity index (χ4n) is 5.42. The van der Waals surface area contributed by atoms with Crippen LogP contribution in [0.4, 0.5) is 0 Å². The van der Waals surface area contributed by atoms with Crippen molar-refractivity contribution in [3.05, 3.63) is 83.9 Å². The number of Topliss-reactive ketones (excluding diaryl/α,β-unsaturated/α-hetero) is 1. The monoisotopic (exact) mass is 771 g/mol. The maximum Gasteiger partial charge on any atom is 0.323 e. The molecule has 5 atom stereocenters. The Morgan fingerprint density at radius 3 is 2.19 bits per heavy atom. The van der Waals surface area contributed by atoms with E-state index >= 15 is 0 Å². The van der Waals surface area contributed by atoms with Crippen LogP contribution in [-0.2, 0) is 41.7 Å². The molecule has 0 fully saturated rings. The van der Waals surface area contributed by atoms with Gasteiger partial charge in [0.1, 0.15) is 29.7 Å². The highest BCUT2D eigenvalue weighted by atomic mass is 35.5. The molecule has 0 aliphatic heterocycles. The van der Waals surface area contributed by atoms with Crippen molar-refractivity contribution in [1.29, 1.82) is 0 Å². The summed E-state index contributed by atoms with van der Waals surface area (Å²) in [6.45, 7) is 16.3. The molecule has 0 aliphatic rings. The van der Waals surface area contributed by atoms with Gasteiger partial charge < -0.3 is 34.7 Å². The van der Waals surface area contributed by atoms with Gasteiger partial charge in [-0.1, -0.05) is 70.1 Å². The van der Waals surface area contributed by atoms with Crippen LogP contribution in [0.3, 0.4) is 0 Å². The topological polar surface area (TPSA) is 162 Å². The number of carbonyl (C=O) groups excluding carboxylic acids is 4. The second-order valence-corrected chi connectivity index (χ2v) is 15.2. The van der Waals surface area contributed by atoms with Gasteiger partial charge >= 0.3 is 5.97 Å². The highest BCUT2D eigenvalue weighted by Gasteiger charge is 2.36. The summed E-state index contributed by atoms with van der Waals surface area (Å²) >= 11 is 6.26. The first-order chi connectivity index (χ1) is 25.5. The molecule has 2 aromatic carbocycles. The summed E-state index contributed by atoms with van der Waals surface area (Å²) in [5.41, 5.74) is -0.102. The molecular weight excluding hydrogens is 714 g/mol. The van der Waals surface area contributed by atoms with Gasteiger partial charge in [-0.2, -0.15) is 0 Å². The first-order valence-corrected chi connectivity index (χ1v) is 18.3. The van der Waals surface area contributed by atoms with E-state index in [1.165, 1.54) is 14.0 Å². The molecule has 2 aromatic rings. The van der Waals surface area contributed by atoms with Gasteiger partial charge in [0, 0.05) is 25.3 Å². The van der Waals surface area contributed by atoms with Gasteiger partial charge in [0.15, 0.2) is 5.78 Å². The lowest BCUT2D eigenvalue weighted by atomic mass is 9.85. The van der Waals surface area contributed by atoms with Crippen LogP contribution in [0.1, 0.15) is 58.6 Å². The van der Waals surface area contributed by atoms with Crippen LogP contribution in [0.25, 0.3) is 0 Å². The minimum absolute atomic E-state index is 0.0807. The molecule has 0 spiro atoms. The lowest BCUT2D eigenvalue weighted by molar-refractivity contribution is -0.156. The smallest absolute Gasteiger partial charge is 0.323 e. The molecule has 13 heteroatoms. The van der Waals surface area contributed by atoms with Gasteiger partial charge in [0.25, 0.3) is 0 Å². The number of benzene rings is 2. The van der Waals surface area contributed by atoms with Crippen LogP contribution in [0.2, 0.25) is 5.02 Å². The number of carbonyl (C=O) groups is 4. The van der Waals surface area contributed by atoms with Crippen LogP contribution in [0.5, 0.6) is 11.5 Å². The Kier molecular flexibility index (Phi) is 18.9. The molecule has 0 saturated heterocycles. The van der Waals surface area contributed by atoms with Crippen molar-refractivity contribution >= 4 is 35.2 Å². The maximum absolute atomic E-state index is 13.7. The summed E-state index contributed by atoms with van der Waals surface area (Å²) in [6.07, 6.45) is 3.06. The van der Waals surface area contributed by atoms with Crippen molar-refractivity contribution in [3.63, 3.8) is 0 Å². The molecule has 298 valence electrons. The van der Waals surface area contributed by atoms with Crippen molar-refractivity contribution in [1.82, 2.24) is 16.0 Å². The van der Waals surface area contributed by atoms with Crippen molar-refractivity contribution in [2.24, 2.45) is 16.7 Å². The molecule has 0 bridgehead atoms. The van der Waals surface area contributed by atoms with Crippen molar-refractivity contribution in [2.45, 2.75) is 78.7 Å². The zero-order chi connectivity index (χ0) is 40.5. The van der Waals surface area contributed by atoms with E-state index < -0.39 is 53.8 Å². The van der Waals surface area contributed by atoms with Crippen LogP contribution in [0, 0.1) is 16.7 Å². The first-order valence-electron chi connectivity index (χ1n) is 17.9. The van der Waals surface area contributed by atoms with Gasteiger partial charge in [-0.05, 0) is 60.2 Å². The van der Waals surface area contributed by atoms with Crippen LogP contribution >= 0.6 is 11.6 Å². The minimum Gasteiger partial charge on any atom is -0.497 e. The highest BCUT2D eigenvalue weighted by Crippen LogP contribution is 2.26. The van der Waals surface area contributed by atoms with E-state index in [0.717, 1.165) is 17.4 Å². The van der Waals surface area contributed by atoms with Crippen LogP contribution in [-0.4, -0.2) is 87.4 Å². The van der Waals surface area contributed by atoms with E-state index in [9.17, 15) is 24.3 Å². The summed E-state index contributed by atoms with van der Waals surface area (Å²) in [7, 11) is 3.09. The van der Waals surface area contributed by atoms with Gasteiger partial charge in [0.05, 0.1) is 51.0 Å². The van der Waals surface area contributed by atoms with E-state index in [4.69, 9.17) is 30.5 Å². The number of ether oxygens (including phenoxy) is 4. The summed E-state index contributed by atoms with van der Waals surface area (Å²) in [4.78, 5) is 52.8. The number of aliphatic hydroxyl groups is 1. The lowest BCUT2D eigenvalue weighted by Gasteiger charge is -2.31. The second kappa shape index (κ2) is 22.2. The zero-order valence-electron chi connectivity index (χ0n) is 32.7. The molecule has 0 aromatic heterocycles. The van der Waals surface area contributed by atoms with Gasteiger partial charge in [-0.3, -0.25) is 24.5 Å². The number of hydrogen-bond donors (Lipinski definition) is 4. The maximum atomic E-state index is 13.7. The number of nitrogens with one attached hydrogen (secondary N) is 3. The number of ketones is 1. The zero-order valence-corrected chi connectivity index (χ0v) is 33.4. The third-order valence-corrected chi connectivity index (χ3v) is 9.16. The van der Waals surface area contributed by atoms with E-state index in [1.807, 2.05) is 52.0 Å². The van der Waals surface area contributed by atoms with Crippen molar-refractivity contribution in [3.8, 4) is 11.5 Å². The molecule has 2 unspecified atom stereocenters. The molecule has 12 nitrogen and oxygen atoms in total. The fraction of sp³-hybridized carbons (Fsp3) is 0.512. The van der Waals surface area contributed by atoms with Gasteiger partial charge in [-0.25, -0.2) is 0 Å². The van der Waals surface area contributed by atoms with Gasteiger partial charge in [-0.15, -0.1) is 6.58 Å². The Bertz CT molecular complexity index is 1560. The quantitative estimate of drug-likeness (QED) is 0.0651. The number of amides is 2. The second-order valence-electron chi connectivity index (χ2n) is 14.8. The molecule has 0 saturated carbocycles. The molecule has 4 N–H and O–H groups in total. The number of hydrogen-bond acceptors (Lipinski definition) is 10. The molecule has 2 amide bonds. The van der Waals surface area contributed by atoms with Crippen molar-refractivity contribution < 1.29 is 43.2 Å². The average Bonchev–Trinajstić information content (AvgIpc) is 3.14. The van der Waals surface area contributed by atoms with E-state index in [2.05, 4.69) is 29.1 Å². The van der Waals surface area contributed by atoms with E-state index in [0.29, 0.717) is 42.4 Å². The number of halogens is 1. The molecule has 0 aliphatic carbocycles. The molecule has 0 heterocycles. The lowest BCUT2D eigenvalue weighted by Crippen LogP contribution is -2.53. The molecule has 2 rings (SSSR count). The average molecular weight is 772 g/mol. The summed E-state index contributed by atoms with van der Waals surface area (Å²) < 4.78 is 22.3. The van der Waals surface area contributed by atoms with Crippen molar-refractivity contribution in [2.75, 3.05) is 40.5 Å². The SMILES string of the molecule is C=CC[C@H](OC(=O)C(CC(C)(C)C)NCC(=O)C(C)(CO)CNC(=O)[C@@H](Cc1ccc(OC)c(Cl)c1)NC(=O)C=C)[C@H](C)COCc1ccc(OC)cc1. The Labute approximate surface area is 325 Å². The molecule has 54 heavy (non-hydrogen) atoms. The van der Waals surface area contributed by atoms with Gasteiger partial charge in [0.2, 0.25) is 11.8 Å². The van der Waals surface area contributed by atoms with Crippen LogP contribution in [0.15, 0.2) is 67.8 Å². The minimum atomic E-state index is -1.42. The first kappa shape index (κ1) is 45.9. The number of methoxy groups -OCH3 is 2. The Balaban J connectivity index is 2.09. The summed E-state index contributed by atoms with van der Waals surface area (Å²) in [6, 6.07) is 10.7. The molecular formula is C41H58ClN3O9. The largest absolute Gasteiger partial charge is 0.497 e. The predicted octanol–water partition coefficient (Wildman–Crippen LogP) is 4.99. The number of aliphatic hydroxyl groups excluding tert-OH is 1. The Morgan fingerprint density at radius 2 is 1.63 bits per heavy atom. The molecule has 0 radical (unpaired) electrons. The third-order valence-electron chi connectivity index (χ3n) is 8.87. The fourth-order valence-corrected chi connectivity index (χ4v) is 5.71. The standard InChI is InChI=1S/C41H58ClN3O9/c1-10-12-34(27(3)23-53-24-28-13-16-30(51-8)17-14-28)54-39(50)33(21-40(4,5)6)43-22-36(47)41(7,26-46)25-44-38(49)32(45-37(48)11-2)20-29-15-18-35(52-9)31(42)19-29/h10-11,13-19,27,32-34,43,46H,1-2,12,20-26H2,3-9H3,(H,44,49)(H,45,48)/t27-,32-,33?,34+,41?/m1/s1. The third kappa shape index (κ3) is 15.3. The number of esters is 1. The Morgan fingerprint density at radius 1 is 0.963 bits per heavy atom.